The molecule has 1 saturated carbocycles. The highest BCUT2D eigenvalue weighted by Crippen LogP contribution is 2.31. The lowest BCUT2D eigenvalue weighted by molar-refractivity contribution is -0.136. The maximum absolute atomic E-state index is 12.8. The van der Waals surface area contributed by atoms with Crippen LogP contribution >= 0.6 is 0 Å². The van der Waals surface area contributed by atoms with Crippen molar-refractivity contribution >= 4 is 17.5 Å². The van der Waals surface area contributed by atoms with Gasteiger partial charge in [0.15, 0.2) is 0 Å². The van der Waals surface area contributed by atoms with Crippen LogP contribution in [0.2, 0.25) is 0 Å². The third-order valence-electron chi connectivity index (χ3n) is 6.08. The summed E-state index contributed by atoms with van der Waals surface area (Å²) in [7, 11) is 1.88. The average Bonchev–Trinajstić information content (AvgIpc) is 2.75. The molecule has 3 rings (SSSR count). The van der Waals surface area contributed by atoms with Crippen LogP contribution in [0.3, 0.4) is 0 Å². The zero-order valence-corrected chi connectivity index (χ0v) is 17.6. The van der Waals surface area contributed by atoms with E-state index in [9.17, 15) is 9.59 Å². The largest absolute Gasteiger partial charge is 0.345 e. The second kappa shape index (κ2) is 9.68. The van der Waals surface area contributed by atoms with E-state index in [1.807, 2.05) is 49.2 Å². The van der Waals surface area contributed by atoms with Crippen molar-refractivity contribution in [1.82, 2.24) is 9.88 Å². The number of rotatable bonds is 6. The Morgan fingerprint density at radius 3 is 2.31 bits per heavy atom. The molecule has 0 bridgehead atoms. The molecule has 0 spiro atoms. The quantitative estimate of drug-likeness (QED) is 0.802. The molecule has 154 valence electrons. The van der Waals surface area contributed by atoms with Crippen LogP contribution in [0.5, 0.6) is 0 Å². The number of pyridine rings is 1. The molecule has 1 aliphatic rings. The first kappa shape index (κ1) is 21.0. The summed E-state index contributed by atoms with van der Waals surface area (Å²) in [5.41, 5.74) is 4.43. The van der Waals surface area contributed by atoms with Crippen LogP contribution in [0.1, 0.15) is 42.4 Å². The second-order valence-corrected chi connectivity index (χ2v) is 8.20. The van der Waals surface area contributed by atoms with Gasteiger partial charge in [0.25, 0.3) is 0 Å². The summed E-state index contributed by atoms with van der Waals surface area (Å²) in [6.45, 7) is 4.82. The van der Waals surface area contributed by atoms with Gasteiger partial charge in [0.1, 0.15) is 0 Å². The fourth-order valence-electron chi connectivity index (χ4n) is 3.93. The Hall–Kier alpha value is -2.69. The van der Waals surface area contributed by atoms with Gasteiger partial charge in [0.05, 0.1) is 0 Å². The predicted octanol–water partition coefficient (Wildman–Crippen LogP) is 4.14. The van der Waals surface area contributed by atoms with Crippen molar-refractivity contribution in [2.75, 3.05) is 18.9 Å². The molecule has 29 heavy (non-hydrogen) atoms. The number of nitrogens with zero attached hydrogens (tertiary/aromatic N) is 2. The number of anilines is 1. The van der Waals surface area contributed by atoms with Gasteiger partial charge in [-0.15, -0.1) is 0 Å². The molecular formula is C24H31N3O2. The molecule has 1 N–H and O–H groups in total. The van der Waals surface area contributed by atoms with E-state index in [0.717, 1.165) is 37.8 Å². The fourth-order valence-corrected chi connectivity index (χ4v) is 3.93. The third kappa shape index (κ3) is 5.66. The number of nitrogens with one attached hydrogen (secondary N) is 1. The van der Waals surface area contributed by atoms with Crippen molar-refractivity contribution in [3.8, 4) is 0 Å². The van der Waals surface area contributed by atoms with Crippen molar-refractivity contribution in [2.24, 2.45) is 11.8 Å². The van der Waals surface area contributed by atoms with Crippen LogP contribution < -0.4 is 5.32 Å². The van der Waals surface area contributed by atoms with Crippen molar-refractivity contribution in [1.29, 1.82) is 0 Å². The van der Waals surface area contributed by atoms with Gasteiger partial charge >= 0.3 is 0 Å². The molecule has 5 nitrogen and oxygen atoms in total. The molecule has 1 aromatic heterocycles. The van der Waals surface area contributed by atoms with Gasteiger partial charge in [-0.3, -0.25) is 14.6 Å². The third-order valence-corrected chi connectivity index (χ3v) is 6.08. The lowest BCUT2D eigenvalue weighted by Gasteiger charge is -2.30. The first-order chi connectivity index (χ1) is 13.9. The maximum atomic E-state index is 12.8. The number of hydrogen-bond donors (Lipinski definition) is 1. The average molecular weight is 394 g/mol. The summed E-state index contributed by atoms with van der Waals surface area (Å²) >= 11 is 0. The van der Waals surface area contributed by atoms with Crippen LogP contribution in [-0.4, -0.2) is 35.3 Å². The fraction of sp³-hybridized carbons (Fsp3) is 0.458. The molecule has 1 aliphatic carbocycles. The minimum Gasteiger partial charge on any atom is -0.345 e. The van der Waals surface area contributed by atoms with Crippen molar-refractivity contribution in [2.45, 2.75) is 46.0 Å². The van der Waals surface area contributed by atoms with Gasteiger partial charge < -0.3 is 10.2 Å². The molecule has 0 saturated heterocycles. The molecular weight excluding hydrogens is 362 g/mol. The first-order valence-corrected chi connectivity index (χ1v) is 10.5. The minimum atomic E-state index is -0.0113. The van der Waals surface area contributed by atoms with E-state index in [2.05, 4.69) is 17.2 Å². The normalized spacial score (nSPS) is 18.9. The first-order valence-electron chi connectivity index (χ1n) is 10.5. The number of aryl methyl sites for hydroxylation is 2. The molecule has 1 fully saturated rings. The molecule has 2 aromatic rings. The molecule has 0 atom stereocenters. The number of amides is 2. The molecule has 1 heterocycles. The number of aromatic nitrogens is 1. The SMILES string of the molecule is Cc1ccc(NC(=O)C2CCC(C(=O)N(C)CCc3ccncc3)CC2)cc1C. The molecule has 5 heteroatoms. The van der Waals surface area contributed by atoms with Crippen LogP contribution in [0.4, 0.5) is 5.69 Å². The Balaban J connectivity index is 1.45. The Morgan fingerprint density at radius 2 is 1.66 bits per heavy atom. The van der Waals surface area contributed by atoms with Gasteiger partial charge in [-0.05, 0) is 86.9 Å². The van der Waals surface area contributed by atoms with E-state index >= 15 is 0 Å². The number of carbonyl (C=O) groups is 2. The highest BCUT2D eigenvalue weighted by Gasteiger charge is 2.31. The van der Waals surface area contributed by atoms with E-state index < -0.39 is 0 Å². The van der Waals surface area contributed by atoms with Crippen LogP contribution in [-0.2, 0) is 16.0 Å². The Kier molecular flexibility index (Phi) is 7.02. The monoisotopic (exact) mass is 393 g/mol. The maximum Gasteiger partial charge on any atom is 0.227 e. The lowest BCUT2D eigenvalue weighted by atomic mass is 9.81. The Labute approximate surface area is 173 Å². The van der Waals surface area contributed by atoms with Crippen molar-refractivity contribution in [3.63, 3.8) is 0 Å². The van der Waals surface area contributed by atoms with E-state index in [4.69, 9.17) is 0 Å². The summed E-state index contributed by atoms with van der Waals surface area (Å²) in [4.78, 5) is 31.2. The second-order valence-electron chi connectivity index (χ2n) is 8.20. The van der Waals surface area contributed by atoms with Gasteiger partial charge in [0.2, 0.25) is 11.8 Å². The van der Waals surface area contributed by atoms with E-state index in [1.165, 1.54) is 16.7 Å². The van der Waals surface area contributed by atoms with Crippen molar-refractivity contribution < 1.29 is 9.59 Å². The van der Waals surface area contributed by atoms with Crippen LogP contribution in [0.15, 0.2) is 42.7 Å². The lowest BCUT2D eigenvalue weighted by Crippen LogP contribution is -2.37. The standard InChI is InChI=1S/C24H31N3O2/c1-17-4-9-22(16-18(17)2)26-23(28)20-5-7-21(8-6-20)24(29)27(3)15-12-19-10-13-25-14-11-19/h4,9-11,13-14,16,20-21H,5-8,12,15H2,1-3H3,(H,26,28). The Bertz CT molecular complexity index is 842. The van der Waals surface area contributed by atoms with E-state index in [0.29, 0.717) is 6.54 Å². The smallest absolute Gasteiger partial charge is 0.227 e. The molecule has 2 amide bonds. The van der Waals surface area contributed by atoms with Gasteiger partial charge in [0, 0.05) is 43.5 Å². The number of carbonyl (C=O) groups excluding carboxylic acids is 2. The van der Waals surface area contributed by atoms with E-state index in [-0.39, 0.29) is 23.7 Å². The Morgan fingerprint density at radius 1 is 1.00 bits per heavy atom. The molecule has 1 aromatic carbocycles. The number of likely N-dealkylation sites (N-methyl/N-ethyl adjacent to an activating group) is 1. The number of benzene rings is 1. The highest BCUT2D eigenvalue weighted by molar-refractivity contribution is 5.93. The zero-order chi connectivity index (χ0) is 20.8. The minimum absolute atomic E-state index is 0.0113. The highest BCUT2D eigenvalue weighted by atomic mass is 16.2. The molecule has 0 unspecified atom stereocenters. The summed E-state index contributed by atoms with van der Waals surface area (Å²) in [5, 5.41) is 3.05. The molecule has 0 aliphatic heterocycles. The van der Waals surface area contributed by atoms with Gasteiger partial charge in [-0.2, -0.15) is 0 Å². The summed E-state index contributed by atoms with van der Waals surface area (Å²) in [5.74, 6) is 0.295. The van der Waals surface area contributed by atoms with Crippen LogP contribution in [0.25, 0.3) is 0 Å². The predicted molar refractivity (Wildman–Crippen MR) is 116 cm³/mol. The van der Waals surface area contributed by atoms with Gasteiger partial charge in [-0.25, -0.2) is 0 Å². The summed E-state index contributed by atoms with van der Waals surface area (Å²) in [6.07, 6.45) is 7.49. The van der Waals surface area contributed by atoms with E-state index in [1.54, 1.807) is 12.4 Å². The topological polar surface area (TPSA) is 62.3 Å². The summed E-state index contributed by atoms with van der Waals surface area (Å²) in [6, 6.07) is 9.96. The number of hydrogen-bond acceptors (Lipinski definition) is 3. The van der Waals surface area contributed by atoms with Crippen molar-refractivity contribution in [3.05, 3.63) is 59.4 Å². The molecule has 0 radical (unpaired) electrons. The summed E-state index contributed by atoms with van der Waals surface area (Å²) < 4.78 is 0. The van der Waals surface area contributed by atoms with Gasteiger partial charge in [-0.1, -0.05) is 6.07 Å². The zero-order valence-electron chi connectivity index (χ0n) is 17.6. The van der Waals surface area contributed by atoms with Crippen LogP contribution in [0, 0.1) is 25.7 Å².